The van der Waals surface area contributed by atoms with Crippen molar-refractivity contribution >= 4 is 22.4 Å². The zero-order valence-electron chi connectivity index (χ0n) is 12.7. The summed E-state index contributed by atoms with van der Waals surface area (Å²) in [6.07, 6.45) is 1.78. The third-order valence-electron chi connectivity index (χ3n) is 3.49. The van der Waals surface area contributed by atoms with Crippen LogP contribution < -0.4 is 4.90 Å². The minimum atomic E-state index is -0.155. The van der Waals surface area contributed by atoms with E-state index in [4.69, 9.17) is 4.74 Å². The average molecular weight is 297 g/mol. The second-order valence-electron chi connectivity index (χ2n) is 5.37. The first-order valence-electron chi connectivity index (χ1n) is 7.05. The lowest BCUT2D eigenvalue weighted by atomic mass is 10.1. The minimum absolute atomic E-state index is 0.126. The molecule has 2 rings (SSSR count). The summed E-state index contributed by atoms with van der Waals surface area (Å²) in [5.74, 6) is -0.281. The fourth-order valence-electron chi connectivity index (χ4n) is 2.30. The number of esters is 1. The van der Waals surface area contributed by atoms with E-state index in [1.54, 1.807) is 11.3 Å². The molecule has 1 heterocycles. The number of carbonyl (C=O) groups is 1. The number of likely N-dealkylation sites (N-methyl/N-ethyl adjacent to an activating group) is 2. The third kappa shape index (κ3) is 3.30. The predicted molar refractivity (Wildman–Crippen MR) is 81.6 cm³/mol. The number of carbonyl (C=O) groups excluding carboxylic acids is 1. The highest BCUT2D eigenvalue weighted by molar-refractivity contribution is 7.15. The van der Waals surface area contributed by atoms with Crippen LogP contribution >= 0.6 is 11.3 Å². The lowest BCUT2D eigenvalue weighted by Crippen LogP contribution is -2.28. The molecule has 0 bridgehead atoms. The van der Waals surface area contributed by atoms with Crippen molar-refractivity contribution in [2.75, 3.05) is 45.7 Å². The van der Waals surface area contributed by atoms with Gasteiger partial charge in [-0.3, -0.25) is 4.79 Å². The highest BCUT2D eigenvalue weighted by Gasteiger charge is 2.34. The molecular weight excluding hydrogens is 274 g/mol. The maximum absolute atomic E-state index is 11.9. The van der Waals surface area contributed by atoms with Gasteiger partial charge < -0.3 is 14.5 Å². The molecule has 0 saturated carbocycles. The number of fused-ring (bicyclic) bond motifs is 1. The molecule has 5 nitrogen and oxygen atoms in total. The highest BCUT2D eigenvalue weighted by atomic mass is 32.1. The number of anilines is 1. The topological polar surface area (TPSA) is 45.7 Å². The normalized spacial score (nSPS) is 17.4. The monoisotopic (exact) mass is 297 g/mol. The molecule has 1 aromatic rings. The molecule has 1 atom stereocenters. The molecule has 1 aliphatic carbocycles. The van der Waals surface area contributed by atoms with E-state index >= 15 is 0 Å². The van der Waals surface area contributed by atoms with E-state index in [0.717, 1.165) is 36.8 Å². The summed E-state index contributed by atoms with van der Waals surface area (Å²) < 4.78 is 5.14. The molecule has 6 heteroatoms. The zero-order chi connectivity index (χ0) is 14.7. The molecule has 0 fully saturated rings. The number of ether oxygens (including phenoxy) is 1. The predicted octanol–water partition coefficient (Wildman–Crippen LogP) is 1.73. The van der Waals surface area contributed by atoms with E-state index in [2.05, 4.69) is 35.9 Å². The molecule has 1 aliphatic rings. The van der Waals surface area contributed by atoms with Gasteiger partial charge in [-0.25, -0.2) is 4.98 Å². The number of aromatic nitrogens is 1. The van der Waals surface area contributed by atoms with Crippen molar-refractivity contribution in [2.24, 2.45) is 0 Å². The van der Waals surface area contributed by atoms with E-state index in [0.29, 0.717) is 6.61 Å². The van der Waals surface area contributed by atoms with E-state index < -0.39 is 0 Å². The third-order valence-corrected chi connectivity index (χ3v) is 4.73. The van der Waals surface area contributed by atoms with E-state index in [1.807, 2.05) is 6.92 Å². The fourth-order valence-corrected chi connectivity index (χ4v) is 3.42. The lowest BCUT2D eigenvalue weighted by molar-refractivity contribution is -0.145. The van der Waals surface area contributed by atoms with Crippen molar-refractivity contribution in [3.63, 3.8) is 0 Å². The molecule has 1 unspecified atom stereocenters. The van der Waals surface area contributed by atoms with Crippen LogP contribution in [0.1, 0.15) is 29.8 Å². The number of aryl methyl sites for hydroxylation is 1. The van der Waals surface area contributed by atoms with E-state index in [9.17, 15) is 4.79 Å². The van der Waals surface area contributed by atoms with Crippen molar-refractivity contribution in [3.8, 4) is 0 Å². The van der Waals surface area contributed by atoms with Crippen molar-refractivity contribution in [1.29, 1.82) is 0 Å². The van der Waals surface area contributed by atoms with Gasteiger partial charge >= 0.3 is 5.97 Å². The van der Waals surface area contributed by atoms with Gasteiger partial charge in [0.05, 0.1) is 12.3 Å². The van der Waals surface area contributed by atoms with E-state index in [1.165, 1.54) is 4.88 Å². The molecular formula is C14H23N3O2S. The molecule has 20 heavy (non-hydrogen) atoms. The molecule has 1 aromatic heterocycles. The number of rotatable bonds is 6. The van der Waals surface area contributed by atoms with Crippen LogP contribution in [0.4, 0.5) is 5.13 Å². The summed E-state index contributed by atoms with van der Waals surface area (Å²) in [5.41, 5.74) is 0.945. The van der Waals surface area contributed by atoms with Crippen LogP contribution in [0.5, 0.6) is 0 Å². The van der Waals surface area contributed by atoms with Gasteiger partial charge in [-0.1, -0.05) is 0 Å². The SMILES string of the molecule is CCOC(=O)C1CCc2sc(N(C)CCN(C)C)nc21. The maximum Gasteiger partial charge on any atom is 0.315 e. The molecule has 0 aliphatic heterocycles. The van der Waals surface area contributed by atoms with Gasteiger partial charge in [-0.2, -0.15) is 0 Å². The Morgan fingerprint density at radius 3 is 2.80 bits per heavy atom. The average Bonchev–Trinajstić information content (AvgIpc) is 2.95. The molecule has 112 valence electrons. The fraction of sp³-hybridized carbons (Fsp3) is 0.714. The minimum Gasteiger partial charge on any atom is -0.465 e. The summed E-state index contributed by atoms with van der Waals surface area (Å²) in [4.78, 5) is 22.2. The second-order valence-corrected chi connectivity index (χ2v) is 6.44. The molecule has 0 amide bonds. The molecule has 0 aromatic carbocycles. The standard InChI is InChI=1S/C14H23N3O2S/c1-5-19-13(18)10-6-7-11-12(10)15-14(20-11)17(4)9-8-16(2)3/h10H,5-9H2,1-4H3. The molecule has 0 saturated heterocycles. The van der Waals surface area contributed by atoms with Gasteiger partial charge in [0.25, 0.3) is 0 Å². The Bertz CT molecular complexity index is 473. The lowest BCUT2D eigenvalue weighted by Gasteiger charge is -2.18. The Hall–Kier alpha value is -1.14. The van der Waals surface area contributed by atoms with Gasteiger partial charge in [0.1, 0.15) is 5.92 Å². The van der Waals surface area contributed by atoms with Crippen LogP contribution in [0.15, 0.2) is 0 Å². The van der Waals surface area contributed by atoms with Crippen molar-refractivity contribution < 1.29 is 9.53 Å². The van der Waals surface area contributed by atoms with Gasteiger partial charge in [0.2, 0.25) is 0 Å². The Labute approximate surface area is 124 Å². The largest absolute Gasteiger partial charge is 0.465 e. The number of nitrogens with zero attached hydrogens (tertiary/aromatic N) is 3. The van der Waals surface area contributed by atoms with Crippen LogP contribution in [-0.2, 0) is 16.0 Å². The zero-order valence-corrected chi connectivity index (χ0v) is 13.5. The molecule has 0 spiro atoms. The van der Waals surface area contributed by atoms with Crippen molar-refractivity contribution in [1.82, 2.24) is 9.88 Å². The first kappa shape index (κ1) is 15.3. The van der Waals surface area contributed by atoms with Crippen LogP contribution in [0.2, 0.25) is 0 Å². The summed E-state index contributed by atoms with van der Waals surface area (Å²) in [7, 11) is 6.18. The van der Waals surface area contributed by atoms with Crippen molar-refractivity contribution in [3.05, 3.63) is 10.6 Å². The Morgan fingerprint density at radius 2 is 2.15 bits per heavy atom. The smallest absolute Gasteiger partial charge is 0.315 e. The summed E-state index contributed by atoms with van der Waals surface area (Å²) >= 11 is 1.71. The highest BCUT2D eigenvalue weighted by Crippen LogP contribution is 2.39. The Morgan fingerprint density at radius 1 is 1.40 bits per heavy atom. The first-order valence-corrected chi connectivity index (χ1v) is 7.86. The van der Waals surface area contributed by atoms with Crippen LogP contribution in [0, 0.1) is 0 Å². The first-order chi connectivity index (χ1) is 9.52. The van der Waals surface area contributed by atoms with Gasteiger partial charge in [0, 0.05) is 25.0 Å². The van der Waals surface area contributed by atoms with E-state index in [-0.39, 0.29) is 11.9 Å². The number of hydrogen-bond acceptors (Lipinski definition) is 6. The van der Waals surface area contributed by atoms with Gasteiger partial charge in [-0.15, -0.1) is 11.3 Å². The van der Waals surface area contributed by atoms with Gasteiger partial charge in [0.15, 0.2) is 5.13 Å². The second kappa shape index (κ2) is 6.54. The van der Waals surface area contributed by atoms with Gasteiger partial charge in [-0.05, 0) is 33.9 Å². The summed E-state index contributed by atoms with van der Waals surface area (Å²) in [5, 5.41) is 1.01. The number of thiazole rings is 1. The maximum atomic E-state index is 11.9. The number of hydrogen-bond donors (Lipinski definition) is 0. The summed E-state index contributed by atoms with van der Waals surface area (Å²) in [6, 6.07) is 0. The van der Waals surface area contributed by atoms with Crippen LogP contribution in [-0.4, -0.2) is 56.7 Å². The quantitative estimate of drug-likeness (QED) is 0.748. The Balaban J connectivity index is 2.06. The molecule has 0 radical (unpaired) electrons. The Kier molecular flexibility index (Phi) is 4.99. The molecule has 0 N–H and O–H groups in total. The van der Waals surface area contributed by atoms with Crippen LogP contribution in [0.3, 0.4) is 0 Å². The van der Waals surface area contributed by atoms with Crippen molar-refractivity contribution in [2.45, 2.75) is 25.7 Å². The van der Waals surface area contributed by atoms with Crippen LogP contribution in [0.25, 0.3) is 0 Å². The summed E-state index contributed by atoms with van der Waals surface area (Å²) in [6.45, 7) is 4.20.